The number of nitrogens with one attached hydrogen (secondary N) is 1. The number of hydrogen-bond acceptors (Lipinski definition) is 4. The molecule has 1 aliphatic carbocycles. The van der Waals surface area contributed by atoms with E-state index in [1.165, 1.54) is 25.7 Å². The van der Waals surface area contributed by atoms with E-state index in [0.717, 1.165) is 28.7 Å². The lowest BCUT2D eigenvalue weighted by Crippen LogP contribution is -2.11. The van der Waals surface area contributed by atoms with E-state index in [2.05, 4.69) is 26.1 Å². The molecular weight excluding hydrogens is 288 g/mol. The summed E-state index contributed by atoms with van der Waals surface area (Å²) >= 11 is 0. The first-order chi connectivity index (χ1) is 11.3. The molecule has 3 aromatic rings. The van der Waals surface area contributed by atoms with Gasteiger partial charge in [0.15, 0.2) is 0 Å². The summed E-state index contributed by atoms with van der Waals surface area (Å²) in [7, 11) is 0. The molecule has 0 radical (unpaired) electrons. The first kappa shape index (κ1) is 13.9. The van der Waals surface area contributed by atoms with Gasteiger partial charge in [0.25, 0.3) is 0 Å². The largest absolute Gasteiger partial charge is 0.346 e. The number of nitriles is 1. The van der Waals surface area contributed by atoms with Gasteiger partial charge in [-0.1, -0.05) is 25.7 Å². The van der Waals surface area contributed by atoms with Crippen molar-refractivity contribution in [3.63, 3.8) is 0 Å². The van der Waals surface area contributed by atoms with Crippen molar-refractivity contribution in [2.75, 3.05) is 0 Å². The summed E-state index contributed by atoms with van der Waals surface area (Å²) in [5.41, 5.74) is 2.58. The smallest absolute Gasteiger partial charge is 0.141 e. The van der Waals surface area contributed by atoms with E-state index in [4.69, 9.17) is 0 Å². The molecule has 0 amide bonds. The van der Waals surface area contributed by atoms with Crippen molar-refractivity contribution >= 4 is 11.0 Å². The lowest BCUT2D eigenvalue weighted by Gasteiger charge is -2.14. The number of nitrogens with zero attached hydrogens (tertiary/aromatic N) is 5. The molecule has 1 N–H and O–H groups in total. The van der Waals surface area contributed by atoms with Crippen LogP contribution in [0, 0.1) is 17.2 Å². The van der Waals surface area contributed by atoms with Crippen LogP contribution in [-0.2, 0) is 0 Å². The minimum absolute atomic E-state index is 0.199. The number of H-pyrrole nitrogens is 1. The molecule has 1 atom stereocenters. The minimum Gasteiger partial charge on any atom is -0.346 e. The van der Waals surface area contributed by atoms with Gasteiger partial charge in [-0.3, -0.25) is 4.68 Å². The average molecular weight is 306 g/mol. The maximum atomic E-state index is 9.52. The number of aromatic amines is 1. The van der Waals surface area contributed by atoms with Crippen LogP contribution in [0.3, 0.4) is 0 Å². The van der Waals surface area contributed by atoms with E-state index in [-0.39, 0.29) is 6.04 Å². The maximum Gasteiger partial charge on any atom is 0.141 e. The molecule has 0 spiro atoms. The highest BCUT2D eigenvalue weighted by atomic mass is 15.3. The second-order valence-electron chi connectivity index (χ2n) is 6.20. The molecule has 1 fully saturated rings. The number of fused-ring (bicyclic) bond motifs is 1. The Hall–Kier alpha value is -2.68. The van der Waals surface area contributed by atoms with Crippen LogP contribution in [0.4, 0.5) is 0 Å². The Morgan fingerprint density at radius 1 is 1.35 bits per heavy atom. The van der Waals surface area contributed by atoms with E-state index < -0.39 is 0 Å². The molecule has 1 aliphatic rings. The molecule has 23 heavy (non-hydrogen) atoms. The Kier molecular flexibility index (Phi) is 3.54. The lowest BCUT2D eigenvalue weighted by atomic mass is 9.99. The van der Waals surface area contributed by atoms with Crippen LogP contribution in [0.25, 0.3) is 22.3 Å². The van der Waals surface area contributed by atoms with E-state index in [9.17, 15) is 5.26 Å². The van der Waals surface area contributed by atoms with Gasteiger partial charge in [-0.25, -0.2) is 9.97 Å². The fraction of sp³-hybridized carbons (Fsp3) is 0.412. The summed E-state index contributed by atoms with van der Waals surface area (Å²) in [6, 6.07) is 4.17. The van der Waals surface area contributed by atoms with Crippen molar-refractivity contribution < 1.29 is 0 Å². The second kappa shape index (κ2) is 5.84. The molecule has 1 saturated carbocycles. The topological polar surface area (TPSA) is 83.2 Å². The summed E-state index contributed by atoms with van der Waals surface area (Å²) in [6.07, 6.45) is 13.1. The molecule has 0 saturated heterocycles. The Balaban J connectivity index is 1.63. The van der Waals surface area contributed by atoms with E-state index in [0.29, 0.717) is 5.92 Å². The molecule has 0 bridgehead atoms. The number of aromatic nitrogens is 5. The second-order valence-corrected chi connectivity index (χ2v) is 6.20. The quantitative estimate of drug-likeness (QED) is 0.800. The maximum absolute atomic E-state index is 9.52. The summed E-state index contributed by atoms with van der Waals surface area (Å²) in [6.45, 7) is 0. The Morgan fingerprint density at radius 3 is 3.04 bits per heavy atom. The molecule has 0 aromatic carbocycles. The molecule has 4 rings (SSSR count). The van der Waals surface area contributed by atoms with Gasteiger partial charge in [0.05, 0.1) is 18.0 Å². The summed E-state index contributed by atoms with van der Waals surface area (Å²) in [5.74, 6) is 0.655. The van der Waals surface area contributed by atoms with Gasteiger partial charge in [-0.15, -0.1) is 0 Å². The van der Waals surface area contributed by atoms with Crippen LogP contribution < -0.4 is 0 Å². The van der Waals surface area contributed by atoms with Crippen molar-refractivity contribution in [1.82, 2.24) is 24.7 Å². The van der Waals surface area contributed by atoms with Crippen molar-refractivity contribution in [3.8, 4) is 17.3 Å². The summed E-state index contributed by atoms with van der Waals surface area (Å²) in [4.78, 5) is 11.7. The first-order valence-electron chi connectivity index (χ1n) is 8.07. The molecule has 6 nitrogen and oxygen atoms in total. The predicted octanol–water partition coefficient (Wildman–Crippen LogP) is 3.47. The lowest BCUT2D eigenvalue weighted by molar-refractivity contribution is 0.402. The third kappa shape index (κ3) is 2.59. The Labute approximate surface area is 134 Å². The molecule has 0 aliphatic heterocycles. The molecule has 3 aromatic heterocycles. The molecule has 3 heterocycles. The summed E-state index contributed by atoms with van der Waals surface area (Å²) in [5, 5.41) is 14.9. The molecule has 6 heteroatoms. The minimum atomic E-state index is -0.199. The third-order valence-electron chi connectivity index (χ3n) is 4.73. The van der Waals surface area contributed by atoms with E-state index in [1.807, 2.05) is 18.5 Å². The highest BCUT2D eigenvalue weighted by molar-refractivity contribution is 5.89. The third-order valence-corrected chi connectivity index (χ3v) is 4.73. The van der Waals surface area contributed by atoms with Crippen LogP contribution in [0.15, 0.2) is 31.0 Å². The van der Waals surface area contributed by atoms with Crippen LogP contribution >= 0.6 is 0 Å². The Bertz CT molecular complexity index is 849. The van der Waals surface area contributed by atoms with Gasteiger partial charge in [0.1, 0.15) is 18.0 Å². The standard InChI is InChI=1S/C17H18N6/c18-8-14(7-12-3-1-2-4-12)23-10-13(9-22-23)16-15-5-6-19-17(15)21-11-20-16/h5-6,9-12,14H,1-4,7H2,(H,19,20,21). The van der Waals surface area contributed by atoms with Crippen LogP contribution in [-0.4, -0.2) is 24.7 Å². The first-order valence-corrected chi connectivity index (χ1v) is 8.07. The van der Waals surface area contributed by atoms with Gasteiger partial charge in [0.2, 0.25) is 0 Å². The highest BCUT2D eigenvalue weighted by Gasteiger charge is 2.22. The monoisotopic (exact) mass is 306 g/mol. The van der Waals surface area contributed by atoms with Gasteiger partial charge in [-0.05, 0) is 18.4 Å². The van der Waals surface area contributed by atoms with Crippen molar-refractivity contribution in [2.24, 2.45) is 5.92 Å². The molecule has 1 unspecified atom stereocenters. The SMILES string of the molecule is N#CC(CC1CCCC1)n1cc(-c2ncnc3[nH]ccc23)cn1. The molecule has 116 valence electrons. The number of rotatable bonds is 4. The van der Waals surface area contributed by atoms with Crippen LogP contribution in [0.5, 0.6) is 0 Å². The van der Waals surface area contributed by atoms with Gasteiger partial charge >= 0.3 is 0 Å². The predicted molar refractivity (Wildman–Crippen MR) is 86.3 cm³/mol. The van der Waals surface area contributed by atoms with Crippen LogP contribution in [0.1, 0.15) is 38.1 Å². The zero-order valence-electron chi connectivity index (χ0n) is 12.8. The van der Waals surface area contributed by atoms with Crippen LogP contribution in [0.2, 0.25) is 0 Å². The van der Waals surface area contributed by atoms with Crippen molar-refractivity contribution in [2.45, 2.75) is 38.1 Å². The Morgan fingerprint density at radius 2 is 2.22 bits per heavy atom. The van der Waals surface area contributed by atoms with Gasteiger partial charge in [-0.2, -0.15) is 10.4 Å². The normalized spacial score (nSPS) is 16.7. The van der Waals surface area contributed by atoms with Crippen molar-refractivity contribution in [3.05, 3.63) is 31.0 Å². The van der Waals surface area contributed by atoms with Gasteiger partial charge < -0.3 is 4.98 Å². The van der Waals surface area contributed by atoms with E-state index >= 15 is 0 Å². The number of hydrogen-bond donors (Lipinski definition) is 1. The van der Waals surface area contributed by atoms with Gasteiger partial charge in [0, 0.05) is 23.3 Å². The van der Waals surface area contributed by atoms with E-state index in [1.54, 1.807) is 17.2 Å². The average Bonchev–Trinajstić information content (AvgIpc) is 3.32. The fourth-order valence-corrected chi connectivity index (χ4v) is 3.51. The fourth-order valence-electron chi connectivity index (χ4n) is 3.51. The zero-order chi connectivity index (χ0) is 15.6. The summed E-state index contributed by atoms with van der Waals surface area (Å²) < 4.78 is 1.79. The zero-order valence-corrected chi connectivity index (χ0v) is 12.8. The highest BCUT2D eigenvalue weighted by Crippen LogP contribution is 2.32. The van der Waals surface area contributed by atoms with Crippen molar-refractivity contribution in [1.29, 1.82) is 5.26 Å². The molecular formula is C17H18N6.